The quantitative estimate of drug-likeness (QED) is 0.160. The van der Waals surface area contributed by atoms with E-state index in [0.717, 1.165) is 55.7 Å². The summed E-state index contributed by atoms with van der Waals surface area (Å²) >= 11 is 0. The van der Waals surface area contributed by atoms with Gasteiger partial charge in [0.05, 0.1) is 5.69 Å². The fourth-order valence-electron chi connectivity index (χ4n) is 10.5. The largest absolute Gasteiger partial charge is 0.456 e. The van der Waals surface area contributed by atoms with Gasteiger partial charge < -0.3 is 9.32 Å². The summed E-state index contributed by atoms with van der Waals surface area (Å²) in [4.78, 5) is 2.45. The highest BCUT2D eigenvalue weighted by atomic mass is 16.3. The van der Waals surface area contributed by atoms with E-state index < -0.39 is 0 Å². The number of fused-ring (bicyclic) bond motifs is 7. The van der Waals surface area contributed by atoms with E-state index in [1.165, 1.54) is 60.8 Å². The maximum atomic E-state index is 6.31. The van der Waals surface area contributed by atoms with Crippen molar-refractivity contribution in [3.8, 4) is 55.6 Å². The fraction of sp³-hybridized carbons (Fsp3) is 0.0492. The lowest BCUT2D eigenvalue weighted by Gasteiger charge is -2.29. The van der Waals surface area contributed by atoms with Crippen LogP contribution in [0.2, 0.25) is 0 Å². The summed E-state index contributed by atoms with van der Waals surface area (Å²) in [5.41, 5.74) is 19.9. The number of hydrogen-bond donors (Lipinski definition) is 0. The minimum absolute atomic E-state index is 0.144. The summed E-state index contributed by atoms with van der Waals surface area (Å²) in [6.07, 6.45) is 0. The van der Waals surface area contributed by atoms with Gasteiger partial charge in [0.2, 0.25) is 0 Å². The molecule has 2 heteroatoms. The Morgan fingerprint density at radius 1 is 0.365 bits per heavy atom. The van der Waals surface area contributed by atoms with Crippen LogP contribution in [0.25, 0.3) is 88.3 Å². The van der Waals surface area contributed by atoms with Gasteiger partial charge in [0.1, 0.15) is 11.2 Å². The van der Waals surface area contributed by atoms with Gasteiger partial charge in [-0.05, 0) is 114 Å². The molecule has 11 aromatic rings. The first-order valence-electron chi connectivity index (χ1n) is 21.8. The molecule has 0 spiro atoms. The summed E-state index contributed by atoms with van der Waals surface area (Å²) in [7, 11) is 0. The first-order chi connectivity index (χ1) is 31.0. The molecular weight excluding hydrogens is 763 g/mol. The van der Waals surface area contributed by atoms with Crippen molar-refractivity contribution in [2.75, 3.05) is 4.90 Å². The number of rotatable bonds is 7. The smallest absolute Gasteiger partial charge is 0.136 e. The predicted octanol–water partition coefficient (Wildman–Crippen LogP) is 17.2. The van der Waals surface area contributed by atoms with E-state index in [9.17, 15) is 0 Å². The minimum Gasteiger partial charge on any atom is -0.456 e. The third kappa shape index (κ3) is 5.94. The second-order valence-electron chi connectivity index (χ2n) is 17.2. The van der Waals surface area contributed by atoms with Crippen LogP contribution in [-0.4, -0.2) is 0 Å². The van der Waals surface area contributed by atoms with Crippen LogP contribution in [0, 0.1) is 0 Å². The molecular formula is C61H43NO. The Morgan fingerprint density at radius 3 is 1.78 bits per heavy atom. The average Bonchev–Trinajstić information content (AvgIpc) is 3.84. The number of benzene rings is 10. The van der Waals surface area contributed by atoms with E-state index in [1.807, 2.05) is 12.1 Å². The molecule has 1 heterocycles. The van der Waals surface area contributed by atoms with Crippen LogP contribution in [-0.2, 0) is 5.41 Å². The highest BCUT2D eigenvalue weighted by molar-refractivity contribution is 6.13. The summed E-state index contributed by atoms with van der Waals surface area (Å²) in [5.74, 6) is 0. The monoisotopic (exact) mass is 805 g/mol. The molecule has 0 aliphatic heterocycles. The van der Waals surface area contributed by atoms with Crippen LogP contribution in [0.15, 0.2) is 229 Å². The molecule has 2 nitrogen and oxygen atoms in total. The topological polar surface area (TPSA) is 16.4 Å². The molecule has 12 rings (SSSR count). The minimum atomic E-state index is -0.144. The molecule has 1 aliphatic carbocycles. The number of nitrogens with zero attached hydrogens (tertiary/aromatic N) is 1. The van der Waals surface area contributed by atoms with Crippen LogP contribution in [0.1, 0.15) is 25.0 Å². The average molecular weight is 806 g/mol. The van der Waals surface area contributed by atoms with Gasteiger partial charge >= 0.3 is 0 Å². The Kier molecular flexibility index (Phi) is 8.55. The van der Waals surface area contributed by atoms with Crippen LogP contribution in [0.5, 0.6) is 0 Å². The highest BCUT2D eigenvalue weighted by Crippen LogP contribution is 2.53. The third-order valence-corrected chi connectivity index (χ3v) is 13.3. The molecule has 0 fully saturated rings. The van der Waals surface area contributed by atoms with Crippen molar-refractivity contribution < 1.29 is 4.42 Å². The molecule has 1 aliphatic rings. The van der Waals surface area contributed by atoms with Crippen LogP contribution < -0.4 is 4.90 Å². The van der Waals surface area contributed by atoms with Crippen molar-refractivity contribution in [2.24, 2.45) is 0 Å². The Bertz CT molecular complexity index is 3530. The molecule has 0 saturated heterocycles. The Hall–Kier alpha value is -7.94. The molecule has 63 heavy (non-hydrogen) atoms. The van der Waals surface area contributed by atoms with Crippen molar-refractivity contribution in [1.29, 1.82) is 0 Å². The van der Waals surface area contributed by atoms with Gasteiger partial charge in [0.25, 0.3) is 0 Å². The summed E-state index contributed by atoms with van der Waals surface area (Å²) < 4.78 is 6.31. The fourth-order valence-corrected chi connectivity index (χ4v) is 10.5. The van der Waals surface area contributed by atoms with Crippen LogP contribution in [0.4, 0.5) is 17.1 Å². The molecule has 0 amide bonds. The maximum absolute atomic E-state index is 6.31. The normalized spacial score (nSPS) is 12.7. The van der Waals surface area contributed by atoms with Gasteiger partial charge in [0, 0.05) is 33.1 Å². The molecule has 0 radical (unpaired) electrons. The Morgan fingerprint density at radius 2 is 0.937 bits per heavy atom. The van der Waals surface area contributed by atoms with E-state index in [1.54, 1.807) is 0 Å². The second kappa shape index (κ2) is 14.6. The molecule has 10 aromatic carbocycles. The van der Waals surface area contributed by atoms with Crippen LogP contribution in [0.3, 0.4) is 0 Å². The van der Waals surface area contributed by atoms with Crippen molar-refractivity contribution >= 4 is 49.8 Å². The molecule has 0 N–H and O–H groups in total. The zero-order valence-electron chi connectivity index (χ0n) is 35.2. The second-order valence-corrected chi connectivity index (χ2v) is 17.2. The van der Waals surface area contributed by atoms with E-state index in [4.69, 9.17) is 4.42 Å². The molecule has 0 atom stereocenters. The first-order valence-corrected chi connectivity index (χ1v) is 21.8. The van der Waals surface area contributed by atoms with E-state index in [-0.39, 0.29) is 5.41 Å². The van der Waals surface area contributed by atoms with E-state index in [0.29, 0.717) is 0 Å². The molecule has 0 unspecified atom stereocenters. The lowest BCUT2D eigenvalue weighted by molar-refractivity contribution is 0.662. The van der Waals surface area contributed by atoms with Crippen molar-refractivity contribution in [3.63, 3.8) is 0 Å². The summed E-state index contributed by atoms with van der Waals surface area (Å²) in [6.45, 7) is 4.74. The number of anilines is 3. The maximum Gasteiger partial charge on any atom is 0.136 e. The van der Waals surface area contributed by atoms with Gasteiger partial charge in [-0.3, -0.25) is 0 Å². The van der Waals surface area contributed by atoms with Crippen molar-refractivity contribution in [3.05, 3.63) is 236 Å². The lowest BCUT2D eigenvalue weighted by atomic mass is 9.79. The van der Waals surface area contributed by atoms with Gasteiger partial charge in [-0.15, -0.1) is 0 Å². The van der Waals surface area contributed by atoms with Gasteiger partial charge in [-0.1, -0.05) is 196 Å². The Balaban J connectivity index is 1.06. The summed E-state index contributed by atoms with van der Waals surface area (Å²) in [5, 5.41) is 4.72. The molecule has 1 aromatic heterocycles. The SMILES string of the molecule is CC1(C)c2ccccc2-c2cccc(-c3cccc(N(c4ccc(-c5cccc6oc7ccccc7c56)cc4)c4ccccc4-c4cccc5cccc(-c6ccccc6)c45)c3)c21. The van der Waals surface area contributed by atoms with Crippen molar-refractivity contribution in [2.45, 2.75) is 19.3 Å². The number of hydrogen-bond acceptors (Lipinski definition) is 2. The van der Waals surface area contributed by atoms with Gasteiger partial charge in [-0.2, -0.15) is 0 Å². The molecule has 0 saturated carbocycles. The van der Waals surface area contributed by atoms with Crippen molar-refractivity contribution in [1.82, 2.24) is 0 Å². The summed E-state index contributed by atoms with van der Waals surface area (Å²) in [6, 6.07) is 81.7. The number of para-hydroxylation sites is 2. The Labute approximate surface area is 368 Å². The van der Waals surface area contributed by atoms with E-state index in [2.05, 4.69) is 231 Å². The van der Waals surface area contributed by atoms with Gasteiger partial charge in [-0.25, -0.2) is 0 Å². The lowest BCUT2D eigenvalue weighted by Crippen LogP contribution is -2.16. The first kappa shape index (κ1) is 36.9. The van der Waals surface area contributed by atoms with Crippen LogP contribution >= 0.6 is 0 Å². The standard InChI is InChI=1S/C61H43NO/c1-61(2)54-31-9-6-23-49(54)52-30-15-28-48(60(52)61)43-21-12-22-45(39-43)62(44-37-35-41(36-38-44)47-27-16-34-57-59(47)53-25-8-11-33-56(53)63-57)55-32-10-7-24-50(55)51-29-14-20-42-19-13-26-46(58(42)51)40-17-4-3-5-18-40/h3-39H,1-2H3. The molecule has 0 bridgehead atoms. The van der Waals surface area contributed by atoms with Gasteiger partial charge in [0.15, 0.2) is 0 Å². The number of furan rings is 1. The molecule has 298 valence electrons. The third-order valence-electron chi connectivity index (χ3n) is 13.3. The zero-order chi connectivity index (χ0) is 42.1. The highest BCUT2D eigenvalue weighted by Gasteiger charge is 2.37. The zero-order valence-corrected chi connectivity index (χ0v) is 35.2. The predicted molar refractivity (Wildman–Crippen MR) is 265 cm³/mol. The van der Waals surface area contributed by atoms with E-state index >= 15 is 0 Å².